The minimum atomic E-state index is -0.344. The highest BCUT2D eigenvalue weighted by molar-refractivity contribution is 8.00. The molecule has 1 fully saturated rings. The Morgan fingerprint density at radius 1 is 1.53 bits per heavy atom. The third kappa shape index (κ3) is 3.70. The van der Waals surface area contributed by atoms with Gasteiger partial charge in [-0.25, -0.2) is 4.39 Å². The van der Waals surface area contributed by atoms with Crippen molar-refractivity contribution in [3.63, 3.8) is 0 Å². The van der Waals surface area contributed by atoms with E-state index < -0.39 is 0 Å². The summed E-state index contributed by atoms with van der Waals surface area (Å²) in [6, 6.07) is 4.52. The van der Waals surface area contributed by atoms with Gasteiger partial charge in [-0.3, -0.25) is 10.3 Å². The summed E-state index contributed by atoms with van der Waals surface area (Å²) in [5, 5.41) is 7.56. The first kappa shape index (κ1) is 14.3. The quantitative estimate of drug-likeness (QED) is 0.661. The molecule has 1 aromatic carbocycles. The van der Waals surface area contributed by atoms with Gasteiger partial charge in [0, 0.05) is 35.7 Å². The van der Waals surface area contributed by atoms with Crippen molar-refractivity contribution in [1.82, 2.24) is 4.90 Å². The minimum absolute atomic E-state index is 0.0693. The van der Waals surface area contributed by atoms with Crippen LogP contribution in [0.3, 0.4) is 0 Å². The van der Waals surface area contributed by atoms with Crippen molar-refractivity contribution in [2.24, 2.45) is 5.73 Å². The summed E-state index contributed by atoms with van der Waals surface area (Å²) in [5.74, 6) is 0.687. The van der Waals surface area contributed by atoms with Crippen molar-refractivity contribution in [3.8, 4) is 0 Å². The highest BCUT2D eigenvalue weighted by Crippen LogP contribution is 2.30. The molecule has 0 spiro atoms. The van der Waals surface area contributed by atoms with Gasteiger partial charge in [-0.15, -0.1) is 0 Å². The maximum Gasteiger partial charge on any atom is 0.123 e. The molecule has 1 aromatic rings. The fourth-order valence-electron chi connectivity index (χ4n) is 2.43. The minimum Gasteiger partial charge on any atom is -0.384 e. The van der Waals surface area contributed by atoms with E-state index in [0.29, 0.717) is 5.56 Å². The van der Waals surface area contributed by atoms with Crippen LogP contribution in [0.25, 0.3) is 0 Å². The summed E-state index contributed by atoms with van der Waals surface area (Å²) < 4.78 is 13.5. The summed E-state index contributed by atoms with van der Waals surface area (Å²) in [6.07, 6.45) is 0. The molecule has 1 aliphatic heterocycles. The van der Waals surface area contributed by atoms with Crippen LogP contribution >= 0.6 is 11.8 Å². The predicted octanol–water partition coefficient (Wildman–Crippen LogP) is 2.44. The van der Waals surface area contributed by atoms with Crippen LogP contribution in [0.5, 0.6) is 0 Å². The van der Waals surface area contributed by atoms with Gasteiger partial charge in [-0.1, -0.05) is 6.07 Å². The van der Waals surface area contributed by atoms with Gasteiger partial charge in [0.1, 0.15) is 11.7 Å². The summed E-state index contributed by atoms with van der Waals surface area (Å²) in [6.45, 7) is 7.20. The molecule has 0 aliphatic carbocycles. The first-order valence-electron chi connectivity index (χ1n) is 6.36. The molecule has 0 saturated carbocycles. The van der Waals surface area contributed by atoms with E-state index in [9.17, 15) is 4.39 Å². The molecule has 5 heteroatoms. The van der Waals surface area contributed by atoms with Crippen LogP contribution in [-0.2, 0) is 6.54 Å². The van der Waals surface area contributed by atoms with Gasteiger partial charge in [0.25, 0.3) is 0 Å². The lowest BCUT2D eigenvalue weighted by atomic mass is 10.0. The molecule has 0 amide bonds. The first-order chi connectivity index (χ1) is 8.87. The molecule has 1 heterocycles. The fourth-order valence-corrected chi connectivity index (χ4v) is 3.60. The average molecular weight is 281 g/mol. The number of halogens is 1. The van der Waals surface area contributed by atoms with E-state index >= 15 is 0 Å². The standard InChI is InChI=1S/C14H20FN3S/c1-14(2)9-18(5-6-19-14)8-10-3-4-11(15)7-12(10)13(16)17/h3-4,7H,5-6,8-9H2,1-2H3,(H3,16,17). The number of nitrogens with one attached hydrogen (secondary N) is 1. The number of nitrogens with two attached hydrogens (primary N) is 1. The number of benzene rings is 1. The van der Waals surface area contributed by atoms with Crippen LogP contribution in [0, 0.1) is 11.2 Å². The van der Waals surface area contributed by atoms with Crippen LogP contribution in [0.4, 0.5) is 4.39 Å². The van der Waals surface area contributed by atoms with Gasteiger partial charge < -0.3 is 5.73 Å². The predicted molar refractivity (Wildman–Crippen MR) is 79.2 cm³/mol. The molecule has 0 aromatic heterocycles. The highest BCUT2D eigenvalue weighted by atomic mass is 32.2. The number of hydrogen-bond donors (Lipinski definition) is 2. The highest BCUT2D eigenvalue weighted by Gasteiger charge is 2.27. The Kier molecular flexibility index (Phi) is 4.16. The SMILES string of the molecule is CC1(C)CN(Cc2ccc(F)cc2C(=N)N)CCS1. The molecule has 104 valence electrons. The molecule has 0 bridgehead atoms. The number of rotatable bonds is 3. The third-order valence-electron chi connectivity index (χ3n) is 3.26. The number of thioether (sulfide) groups is 1. The largest absolute Gasteiger partial charge is 0.384 e. The molecule has 3 nitrogen and oxygen atoms in total. The molecule has 2 rings (SSSR count). The molecule has 3 N–H and O–H groups in total. The summed E-state index contributed by atoms with van der Waals surface area (Å²) in [5.41, 5.74) is 6.97. The lowest BCUT2D eigenvalue weighted by Gasteiger charge is -2.37. The maximum absolute atomic E-state index is 13.2. The van der Waals surface area contributed by atoms with Crippen molar-refractivity contribution >= 4 is 17.6 Å². The van der Waals surface area contributed by atoms with E-state index in [4.69, 9.17) is 11.1 Å². The van der Waals surface area contributed by atoms with Crippen LogP contribution in [0.1, 0.15) is 25.0 Å². The number of nitrogen functional groups attached to an aromatic ring is 1. The summed E-state index contributed by atoms with van der Waals surface area (Å²) in [7, 11) is 0. The molecule has 0 unspecified atom stereocenters. The lowest BCUT2D eigenvalue weighted by Crippen LogP contribution is -2.42. The Hall–Kier alpha value is -1.07. The van der Waals surface area contributed by atoms with Gasteiger partial charge in [0.15, 0.2) is 0 Å². The monoisotopic (exact) mass is 281 g/mol. The van der Waals surface area contributed by atoms with Crippen LogP contribution in [-0.4, -0.2) is 34.3 Å². The van der Waals surface area contributed by atoms with Crippen molar-refractivity contribution in [1.29, 1.82) is 5.41 Å². The first-order valence-corrected chi connectivity index (χ1v) is 7.35. The van der Waals surface area contributed by atoms with Crippen molar-refractivity contribution in [2.45, 2.75) is 25.1 Å². The zero-order valence-electron chi connectivity index (χ0n) is 11.4. The second kappa shape index (κ2) is 5.51. The average Bonchev–Trinajstić information content (AvgIpc) is 2.30. The van der Waals surface area contributed by atoms with E-state index in [1.165, 1.54) is 12.1 Å². The molecule has 19 heavy (non-hydrogen) atoms. The number of hydrogen-bond acceptors (Lipinski definition) is 3. The molecule has 1 saturated heterocycles. The van der Waals surface area contributed by atoms with E-state index in [1.54, 1.807) is 6.07 Å². The Morgan fingerprint density at radius 3 is 2.89 bits per heavy atom. The van der Waals surface area contributed by atoms with E-state index in [0.717, 1.165) is 31.0 Å². The smallest absolute Gasteiger partial charge is 0.123 e. The molecular weight excluding hydrogens is 261 g/mol. The number of nitrogens with zero attached hydrogens (tertiary/aromatic N) is 1. The van der Waals surface area contributed by atoms with Crippen LogP contribution in [0.15, 0.2) is 18.2 Å². The molecule has 0 radical (unpaired) electrons. The lowest BCUT2D eigenvalue weighted by molar-refractivity contribution is 0.252. The Labute approximate surface area is 117 Å². The second-order valence-corrected chi connectivity index (χ2v) is 7.34. The van der Waals surface area contributed by atoms with Gasteiger partial charge in [0.2, 0.25) is 0 Å². The number of amidine groups is 1. The van der Waals surface area contributed by atoms with Gasteiger partial charge in [-0.05, 0) is 31.5 Å². The Morgan fingerprint density at radius 2 is 2.26 bits per heavy atom. The normalized spacial score (nSPS) is 19.3. The van der Waals surface area contributed by atoms with Gasteiger partial charge in [0.05, 0.1) is 0 Å². The Bertz CT molecular complexity index is 488. The van der Waals surface area contributed by atoms with Crippen molar-refractivity contribution in [2.75, 3.05) is 18.8 Å². The van der Waals surface area contributed by atoms with Gasteiger partial charge in [-0.2, -0.15) is 11.8 Å². The molecular formula is C14H20FN3S. The van der Waals surface area contributed by atoms with E-state index in [-0.39, 0.29) is 16.4 Å². The summed E-state index contributed by atoms with van der Waals surface area (Å²) >= 11 is 1.98. The zero-order valence-corrected chi connectivity index (χ0v) is 12.2. The third-order valence-corrected chi connectivity index (χ3v) is 4.56. The zero-order chi connectivity index (χ0) is 14.0. The van der Waals surface area contributed by atoms with Crippen molar-refractivity contribution in [3.05, 3.63) is 35.1 Å². The second-order valence-electron chi connectivity index (χ2n) is 5.53. The van der Waals surface area contributed by atoms with Crippen LogP contribution < -0.4 is 5.73 Å². The van der Waals surface area contributed by atoms with Gasteiger partial charge >= 0.3 is 0 Å². The summed E-state index contributed by atoms with van der Waals surface area (Å²) in [4.78, 5) is 2.34. The Balaban J connectivity index is 2.17. The maximum atomic E-state index is 13.2. The fraction of sp³-hybridized carbons (Fsp3) is 0.500. The van der Waals surface area contributed by atoms with Crippen LogP contribution in [0.2, 0.25) is 0 Å². The van der Waals surface area contributed by atoms with Crippen molar-refractivity contribution < 1.29 is 4.39 Å². The van der Waals surface area contributed by atoms with E-state index in [1.807, 2.05) is 11.8 Å². The van der Waals surface area contributed by atoms with E-state index in [2.05, 4.69) is 18.7 Å². The molecule has 0 atom stereocenters. The molecule has 1 aliphatic rings. The topological polar surface area (TPSA) is 53.1 Å².